The number of H-pyrrole nitrogens is 2. The number of benzene rings is 4. The fraction of sp³-hybridized carbons (Fsp3) is 0.172. The van der Waals surface area contributed by atoms with E-state index in [2.05, 4.69) is 53.6 Å². The maximum Gasteiger partial charge on any atom is 0.297 e. The third kappa shape index (κ3) is 6.47. The van der Waals surface area contributed by atoms with E-state index in [9.17, 15) is 18.5 Å². The zero-order chi connectivity index (χ0) is 29.3. The fourth-order valence-corrected chi connectivity index (χ4v) is 7.33. The number of hydrogen-bond acceptors (Lipinski definition) is 8. The molecule has 4 N–H and O–H groups in total. The largest absolute Gasteiger partial charge is 0.380 e. The number of halogens is 3. The zero-order valence-corrected chi connectivity index (χ0v) is 27.6. The average molecular weight is 768 g/mol. The maximum atomic E-state index is 13.5. The van der Waals surface area contributed by atoms with E-state index in [1.54, 1.807) is 24.3 Å². The lowest BCUT2D eigenvalue weighted by atomic mass is 10.1. The lowest BCUT2D eigenvalue weighted by Crippen LogP contribution is -2.35. The molecule has 0 atom stereocenters. The number of aromatic nitrogens is 4. The van der Waals surface area contributed by atoms with Crippen molar-refractivity contribution in [1.82, 2.24) is 25.7 Å². The maximum absolute atomic E-state index is 13.5. The number of para-hydroxylation sites is 2. The molecular formula is C29H28Cl2IN7O4S. The van der Waals surface area contributed by atoms with Gasteiger partial charge in [0.25, 0.3) is 5.69 Å². The molecular weight excluding hydrogens is 740 g/mol. The van der Waals surface area contributed by atoms with Crippen LogP contribution in [0, 0.1) is 13.8 Å². The van der Waals surface area contributed by atoms with Crippen molar-refractivity contribution in [3.63, 3.8) is 0 Å². The Morgan fingerprint density at radius 2 is 1.45 bits per heavy atom. The van der Waals surface area contributed by atoms with Crippen molar-refractivity contribution in [1.29, 1.82) is 0 Å². The van der Waals surface area contributed by atoms with Crippen LogP contribution in [0.15, 0.2) is 88.8 Å². The van der Waals surface area contributed by atoms with E-state index in [0.717, 1.165) is 46.1 Å². The number of sulfone groups is 1. The molecule has 0 spiro atoms. The highest BCUT2D eigenvalue weighted by molar-refractivity contribution is 14.1. The second-order valence-electron chi connectivity index (χ2n) is 9.87. The number of rotatable bonds is 5. The summed E-state index contributed by atoms with van der Waals surface area (Å²) in [6.45, 7) is 1.96. The third-order valence-electron chi connectivity index (χ3n) is 7.27. The quantitative estimate of drug-likeness (QED) is 0.0865. The lowest BCUT2D eigenvalue weighted by molar-refractivity contribution is -0.383. The van der Waals surface area contributed by atoms with Crippen LogP contribution in [0.4, 0.5) is 11.4 Å². The molecule has 7 rings (SSSR count). The summed E-state index contributed by atoms with van der Waals surface area (Å²) in [5.74, 6) is 0. The molecule has 230 valence electrons. The minimum atomic E-state index is -3.75. The first-order valence-corrected chi connectivity index (χ1v) is 15.8. The van der Waals surface area contributed by atoms with Crippen LogP contribution in [0.3, 0.4) is 0 Å². The van der Waals surface area contributed by atoms with Crippen molar-refractivity contribution in [3.05, 3.63) is 92.7 Å². The number of piperidine rings is 1. The van der Waals surface area contributed by atoms with Crippen molar-refractivity contribution < 1.29 is 13.3 Å². The summed E-state index contributed by atoms with van der Waals surface area (Å²) in [7, 11) is -3.75. The zero-order valence-electron chi connectivity index (χ0n) is 23.0. The summed E-state index contributed by atoms with van der Waals surface area (Å²) in [4.78, 5) is 10.4. The number of anilines is 1. The van der Waals surface area contributed by atoms with Crippen LogP contribution in [0.5, 0.6) is 0 Å². The van der Waals surface area contributed by atoms with Crippen LogP contribution in [0.1, 0.15) is 12.8 Å². The summed E-state index contributed by atoms with van der Waals surface area (Å²) in [5.41, 5.74) is 1.98. The Kier molecular flexibility index (Phi) is 10.7. The summed E-state index contributed by atoms with van der Waals surface area (Å²) < 4.78 is 27.9. The molecule has 1 fully saturated rings. The first-order valence-electron chi connectivity index (χ1n) is 13.3. The summed E-state index contributed by atoms with van der Waals surface area (Å²) in [6.07, 6.45) is 2.06. The normalized spacial score (nSPS) is 13.5. The molecule has 4 aromatic carbocycles. The highest BCUT2D eigenvalue weighted by Gasteiger charge is 2.26. The van der Waals surface area contributed by atoms with Crippen LogP contribution in [0.2, 0.25) is 0 Å². The van der Waals surface area contributed by atoms with E-state index in [0.29, 0.717) is 27.8 Å². The molecule has 0 amide bonds. The molecule has 3 heterocycles. The summed E-state index contributed by atoms with van der Waals surface area (Å²) in [5, 5.41) is 34.4. The second-order valence-corrected chi connectivity index (χ2v) is 12.8. The monoisotopic (exact) mass is 767 g/mol. The Hall–Kier alpha value is -3.50. The topological polar surface area (TPSA) is 159 Å². The Morgan fingerprint density at radius 1 is 0.818 bits per heavy atom. The van der Waals surface area contributed by atoms with Gasteiger partial charge in [0, 0.05) is 28.3 Å². The van der Waals surface area contributed by atoms with E-state index < -0.39 is 14.8 Å². The van der Waals surface area contributed by atoms with E-state index in [1.165, 1.54) is 6.07 Å². The van der Waals surface area contributed by atoms with Crippen molar-refractivity contribution in [2.24, 2.45) is 0 Å². The van der Waals surface area contributed by atoms with Crippen LogP contribution in [-0.2, 0) is 9.84 Å². The molecule has 6 aromatic rings. The Bertz CT molecular complexity index is 2040. The SMILES string of the molecule is Cl.Cl.O=S(=O)(c1cccc2ccccc12)c1[nH]nc2c(NC3CCNCC3)cccc12.O=[N+]([O-])c1cccc2c(I)[nH]nc12. The van der Waals surface area contributed by atoms with Gasteiger partial charge < -0.3 is 10.6 Å². The van der Waals surface area contributed by atoms with Gasteiger partial charge in [-0.05, 0) is 78.2 Å². The lowest BCUT2D eigenvalue weighted by Gasteiger charge is -2.24. The van der Waals surface area contributed by atoms with Gasteiger partial charge in [0.2, 0.25) is 9.84 Å². The van der Waals surface area contributed by atoms with Gasteiger partial charge in [-0.2, -0.15) is 10.2 Å². The Labute approximate surface area is 278 Å². The van der Waals surface area contributed by atoms with Gasteiger partial charge >= 0.3 is 0 Å². The van der Waals surface area contributed by atoms with Gasteiger partial charge in [-0.3, -0.25) is 20.3 Å². The fourth-order valence-electron chi connectivity index (χ4n) is 5.20. The van der Waals surface area contributed by atoms with Crippen LogP contribution in [0.25, 0.3) is 32.6 Å². The molecule has 15 heteroatoms. The number of aromatic amines is 2. The predicted octanol–water partition coefficient (Wildman–Crippen LogP) is 6.63. The molecule has 1 aliphatic rings. The highest BCUT2D eigenvalue weighted by atomic mass is 127. The van der Waals surface area contributed by atoms with Crippen LogP contribution in [-0.4, -0.2) is 52.9 Å². The first-order chi connectivity index (χ1) is 20.3. The van der Waals surface area contributed by atoms with Crippen molar-refractivity contribution in [3.8, 4) is 0 Å². The van der Waals surface area contributed by atoms with Gasteiger partial charge in [-0.15, -0.1) is 24.8 Å². The number of fused-ring (bicyclic) bond motifs is 3. The standard InChI is InChI=1S/C22H22N4O2S.C7H4IN3O2.2ClH/c27-29(28,20-10-3-6-15-5-1-2-7-17(15)20)22-18-8-4-9-19(21(18)25-26-22)24-16-11-13-23-14-12-16;8-7-4-2-1-3-5(11(12)13)6(4)9-10-7;;/h1-10,16,23-24H,11-14H2,(H,25,26);1-3H,(H,9,10);2*1H. The van der Waals surface area contributed by atoms with E-state index >= 15 is 0 Å². The van der Waals surface area contributed by atoms with Crippen molar-refractivity contribution >= 4 is 101 Å². The minimum absolute atomic E-state index is 0. The number of nitrogens with one attached hydrogen (secondary N) is 4. The van der Waals surface area contributed by atoms with Crippen molar-refractivity contribution in [2.75, 3.05) is 18.4 Å². The smallest absolute Gasteiger partial charge is 0.297 e. The first kappa shape index (κ1) is 33.4. The van der Waals surface area contributed by atoms with Crippen molar-refractivity contribution in [2.45, 2.75) is 28.8 Å². The van der Waals surface area contributed by atoms with Gasteiger partial charge in [-0.25, -0.2) is 8.42 Å². The summed E-state index contributed by atoms with van der Waals surface area (Å²) >= 11 is 2.05. The Balaban J connectivity index is 0.000000249. The average Bonchev–Trinajstić information content (AvgIpc) is 3.62. The van der Waals surface area contributed by atoms with E-state index in [4.69, 9.17) is 0 Å². The number of non-ortho nitro benzene ring substituents is 1. The number of hydrogen-bond donors (Lipinski definition) is 4. The molecule has 1 saturated heterocycles. The van der Waals surface area contributed by atoms with E-state index in [-0.39, 0.29) is 40.4 Å². The Morgan fingerprint density at radius 3 is 2.23 bits per heavy atom. The number of nitro benzene ring substituents is 1. The molecule has 0 bridgehead atoms. The minimum Gasteiger partial charge on any atom is -0.380 e. The summed E-state index contributed by atoms with van der Waals surface area (Å²) in [6, 6.07) is 23.8. The highest BCUT2D eigenvalue weighted by Crippen LogP contribution is 2.33. The van der Waals surface area contributed by atoms with Gasteiger partial charge in [0.15, 0.2) is 10.5 Å². The third-order valence-corrected chi connectivity index (χ3v) is 9.88. The van der Waals surface area contributed by atoms with Crippen LogP contribution >= 0.6 is 47.4 Å². The molecule has 0 aliphatic carbocycles. The van der Waals surface area contributed by atoms with Gasteiger partial charge in [0.05, 0.1) is 15.5 Å². The van der Waals surface area contributed by atoms with Gasteiger partial charge in [0.1, 0.15) is 9.22 Å². The number of nitrogens with zero attached hydrogens (tertiary/aromatic N) is 3. The second kappa shape index (κ2) is 14.1. The molecule has 2 aromatic heterocycles. The number of nitro groups is 1. The van der Waals surface area contributed by atoms with E-state index in [1.807, 2.05) is 48.5 Å². The molecule has 11 nitrogen and oxygen atoms in total. The van der Waals surface area contributed by atoms with Gasteiger partial charge in [-0.1, -0.05) is 48.5 Å². The molecule has 0 saturated carbocycles. The molecule has 1 aliphatic heterocycles. The molecule has 0 radical (unpaired) electrons. The molecule has 44 heavy (non-hydrogen) atoms. The predicted molar refractivity (Wildman–Crippen MR) is 185 cm³/mol. The molecule has 0 unspecified atom stereocenters. The van der Waals surface area contributed by atoms with Crippen LogP contribution < -0.4 is 10.6 Å².